The van der Waals surface area contributed by atoms with E-state index in [-0.39, 0.29) is 66.7 Å². The fourth-order valence-electron chi connectivity index (χ4n) is 5.63. The van der Waals surface area contributed by atoms with E-state index in [1.54, 1.807) is 36.4 Å². The summed E-state index contributed by atoms with van der Waals surface area (Å²) in [6, 6.07) is 22.3. The van der Waals surface area contributed by atoms with Gasteiger partial charge in [0.05, 0.1) is 18.6 Å². The van der Waals surface area contributed by atoms with Crippen LogP contribution in [0.4, 0.5) is 4.39 Å². The first-order valence-corrected chi connectivity index (χ1v) is 15.0. The molecule has 0 aliphatic heterocycles. The molecule has 3 aromatic carbocycles. The van der Waals surface area contributed by atoms with E-state index in [0.717, 1.165) is 22.4 Å². The summed E-state index contributed by atoms with van der Waals surface area (Å²) >= 11 is 0. The van der Waals surface area contributed by atoms with Gasteiger partial charge in [0.1, 0.15) is 11.5 Å². The zero-order valence-electron chi connectivity index (χ0n) is 25.7. The number of halogens is 1. The summed E-state index contributed by atoms with van der Waals surface area (Å²) in [7, 11) is 0. The Hall–Kier alpha value is -3.60. The number of aliphatic hydroxyl groups is 2. The number of aromatic nitrogens is 1. The van der Waals surface area contributed by atoms with E-state index in [1.807, 2.05) is 48.7 Å². The number of carboxylic acid groups (broad SMARTS) is 1. The molecule has 0 unspecified atom stereocenters. The second-order valence-electron chi connectivity index (χ2n) is 11.5. The third kappa shape index (κ3) is 9.24. The van der Waals surface area contributed by atoms with Gasteiger partial charge in [-0.3, -0.25) is 14.4 Å². The number of hydrogen-bond acceptors (Lipinski definition) is 5. The summed E-state index contributed by atoms with van der Waals surface area (Å²) in [5, 5.41) is 32.9. The Bertz CT molecular complexity index is 1640. The molecule has 0 aliphatic rings. The van der Waals surface area contributed by atoms with Crippen LogP contribution in [0.15, 0.2) is 78.9 Å². The van der Waals surface area contributed by atoms with Crippen LogP contribution in [0.3, 0.4) is 0 Å². The Morgan fingerprint density at radius 3 is 2.02 bits per heavy atom. The van der Waals surface area contributed by atoms with Gasteiger partial charge in [0.2, 0.25) is 0 Å². The van der Waals surface area contributed by atoms with Crippen LogP contribution in [-0.4, -0.2) is 79.3 Å². The van der Waals surface area contributed by atoms with Gasteiger partial charge in [0.25, 0.3) is 5.91 Å². The second kappa shape index (κ2) is 16.8. The van der Waals surface area contributed by atoms with Crippen LogP contribution in [0, 0.1) is 5.82 Å². The molecule has 1 aromatic heterocycles. The van der Waals surface area contributed by atoms with Gasteiger partial charge in [-0.25, -0.2) is 4.39 Å². The van der Waals surface area contributed by atoms with E-state index in [0.29, 0.717) is 28.8 Å². The summed E-state index contributed by atoms with van der Waals surface area (Å²) in [5.41, 5.74) is 5.42. The van der Waals surface area contributed by atoms with Crippen molar-refractivity contribution in [1.82, 2.24) is 9.88 Å². The Morgan fingerprint density at radius 1 is 0.848 bits per heavy atom. The summed E-state index contributed by atoms with van der Waals surface area (Å²) in [5.74, 6) is -1.93. The molecule has 10 heteroatoms. The molecule has 4 aromatic rings. The minimum atomic E-state index is -1.20. The van der Waals surface area contributed by atoms with Gasteiger partial charge in [-0.1, -0.05) is 66.7 Å². The van der Waals surface area contributed by atoms with E-state index in [1.165, 1.54) is 19.1 Å². The van der Waals surface area contributed by atoms with Crippen LogP contribution in [0.2, 0.25) is 0 Å². The fourth-order valence-corrected chi connectivity index (χ4v) is 5.63. The molecule has 0 radical (unpaired) electrons. The van der Waals surface area contributed by atoms with Crippen LogP contribution >= 0.6 is 0 Å². The molecule has 238 valence electrons. The Morgan fingerprint density at radius 2 is 1.46 bits per heavy atom. The van der Waals surface area contributed by atoms with Crippen molar-refractivity contribution in [3.63, 3.8) is 0 Å². The monoisotopic (exact) mass is 638 g/mol. The van der Waals surface area contributed by atoms with E-state index < -0.39 is 30.4 Å². The summed E-state index contributed by atoms with van der Waals surface area (Å²) in [4.78, 5) is 36.9. The molecule has 4 N–H and O–H groups in total. The van der Waals surface area contributed by atoms with Gasteiger partial charge in [0, 0.05) is 35.0 Å². The van der Waals surface area contributed by atoms with Gasteiger partial charge in [0.15, 0.2) is 5.78 Å². The number of carbonyl (C=O) groups excluding carboxylic acids is 2. The number of nitrogens with one attached hydrogen (secondary N) is 1. The number of Topliss-reactive ketones (excluding diaryl/α,β-unsaturated/α-hetero) is 1. The number of aliphatic hydroxyl groups excluding tert-OH is 2. The van der Waals surface area contributed by atoms with Crippen molar-refractivity contribution >= 4 is 47.2 Å². The van der Waals surface area contributed by atoms with E-state index in [9.17, 15) is 29.0 Å². The van der Waals surface area contributed by atoms with Crippen molar-refractivity contribution in [3.05, 3.63) is 107 Å². The number of hydrogen-bond donors (Lipinski definition) is 4. The van der Waals surface area contributed by atoms with Crippen LogP contribution in [0.5, 0.6) is 0 Å². The van der Waals surface area contributed by atoms with Crippen molar-refractivity contribution in [2.24, 2.45) is 0 Å². The van der Waals surface area contributed by atoms with Crippen LogP contribution in [0.25, 0.3) is 22.3 Å². The molecular weight excluding hydrogens is 598 g/mol. The molecule has 0 aliphatic carbocycles. The molecule has 1 heterocycles. The predicted octanol–water partition coefficient (Wildman–Crippen LogP) is 5.55. The molecule has 8 nitrogen and oxygen atoms in total. The van der Waals surface area contributed by atoms with Crippen molar-refractivity contribution < 1.29 is 34.1 Å². The predicted molar refractivity (Wildman–Crippen MR) is 178 cm³/mol. The van der Waals surface area contributed by atoms with Gasteiger partial charge >= 0.3 is 35.5 Å². The number of carboxylic acids is 1. The molecule has 0 saturated carbocycles. The molecule has 0 bridgehead atoms. The molecule has 0 spiro atoms. The number of aliphatic carboxylic acids is 1. The Labute approximate surface area is 290 Å². The van der Waals surface area contributed by atoms with Crippen molar-refractivity contribution in [2.75, 3.05) is 0 Å². The second-order valence-corrected chi connectivity index (χ2v) is 11.5. The standard InChI is InChI=1S/C36H39FN2O6.Na.H/c1-22(2)39-31(18-17-29(41)19-30(42)20-32(43)44)33(27-13-15-28(37)16-14-27)34(26-7-5-4-6-8-26)35(39)36(45)38-21-24-9-11-25(12-10-24)23(3)40;;/h4-16,22,29-30,41-42H,17-21H2,1-3H3,(H,38,45)(H,43,44);;/t29-,30-;;/m1../s1. The van der Waals surface area contributed by atoms with Crippen LogP contribution in [-0.2, 0) is 17.8 Å². The first-order valence-electron chi connectivity index (χ1n) is 15.0. The quantitative estimate of drug-likeness (QED) is 0.106. The topological polar surface area (TPSA) is 129 Å². The molecular formula is C36H40FN2NaO6. The molecule has 1 amide bonds. The first-order chi connectivity index (χ1) is 21.5. The van der Waals surface area contributed by atoms with Crippen LogP contribution in [0.1, 0.15) is 78.2 Å². The molecule has 0 fully saturated rings. The maximum absolute atomic E-state index is 14.2. The summed E-state index contributed by atoms with van der Waals surface area (Å²) in [6.45, 7) is 5.62. The van der Waals surface area contributed by atoms with Crippen molar-refractivity contribution in [2.45, 2.75) is 71.2 Å². The zero-order chi connectivity index (χ0) is 32.7. The van der Waals surface area contributed by atoms with Crippen LogP contribution < -0.4 is 5.32 Å². The SMILES string of the molecule is CC(=O)c1ccc(CNC(=O)c2c(-c3ccccc3)c(-c3ccc(F)cc3)c(CC[C@@H](O)C[C@@H](O)CC(=O)O)n2C(C)C)cc1.[NaH]. The van der Waals surface area contributed by atoms with Gasteiger partial charge in [-0.2, -0.15) is 0 Å². The van der Waals surface area contributed by atoms with Gasteiger partial charge in [-0.05, 0) is 68.9 Å². The molecule has 4 rings (SSSR count). The van der Waals surface area contributed by atoms with Crippen molar-refractivity contribution in [1.29, 1.82) is 0 Å². The number of rotatable bonds is 14. The zero-order valence-corrected chi connectivity index (χ0v) is 25.7. The third-order valence-electron chi connectivity index (χ3n) is 7.72. The number of ketones is 1. The van der Waals surface area contributed by atoms with Crippen molar-refractivity contribution in [3.8, 4) is 22.3 Å². The van der Waals surface area contributed by atoms with E-state index in [4.69, 9.17) is 5.11 Å². The molecule has 46 heavy (non-hydrogen) atoms. The third-order valence-corrected chi connectivity index (χ3v) is 7.72. The first kappa shape index (κ1) is 36.9. The average Bonchev–Trinajstić information content (AvgIpc) is 3.35. The Balaban J connectivity index is 0.00000576. The fraction of sp³-hybridized carbons (Fsp3) is 0.306. The normalized spacial score (nSPS) is 12.3. The van der Waals surface area contributed by atoms with Gasteiger partial charge < -0.3 is 25.2 Å². The molecule has 0 saturated heterocycles. The van der Waals surface area contributed by atoms with Gasteiger partial charge in [-0.15, -0.1) is 0 Å². The average molecular weight is 639 g/mol. The Kier molecular flexibility index (Phi) is 13.5. The minimum absolute atomic E-state index is 0. The number of carbonyl (C=O) groups is 3. The van der Waals surface area contributed by atoms with E-state index >= 15 is 0 Å². The summed E-state index contributed by atoms with van der Waals surface area (Å²) < 4.78 is 16.0. The number of nitrogens with zero attached hydrogens (tertiary/aromatic N) is 1. The van der Waals surface area contributed by atoms with E-state index in [2.05, 4.69) is 5.32 Å². The number of amides is 1. The molecule has 2 atom stereocenters. The summed E-state index contributed by atoms with van der Waals surface area (Å²) in [6.07, 6.45) is -2.28. The number of benzene rings is 3. The maximum atomic E-state index is 14.2.